The van der Waals surface area contributed by atoms with Crippen molar-refractivity contribution in [2.75, 3.05) is 0 Å². The number of thiophene rings is 1. The summed E-state index contributed by atoms with van der Waals surface area (Å²) in [6.07, 6.45) is 1.80. The molecule has 0 saturated carbocycles. The third kappa shape index (κ3) is 3.11. The lowest BCUT2D eigenvalue weighted by molar-refractivity contribution is 0.774. The number of hydrogen-bond donors (Lipinski definition) is 0. The first-order chi connectivity index (χ1) is 12.6. The fourth-order valence-corrected chi connectivity index (χ4v) is 3.40. The molecule has 0 aliphatic carbocycles. The van der Waals surface area contributed by atoms with E-state index in [1.807, 2.05) is 29.6 Å². The van der Waals surface area contributed by atoms with E-state index in [9.17, 15) is 0 Å². The van der Waals surface area contributed by atoms with Crippen molar-refractivity contribution >= 4 is 22.9 Å². The molecular weight excluding hydrogens is 368 g/mol. The van der Waals surface area contributed by atoms with E-state index in [2.05, 4.69) is 34.4 Å². The summed E-state index contributed by atoms with van der Waals surface area (Å²) in [5.74, 6) is 1.61. The molecule has 0 bridgehead atoms. The van der Waals surface area contributed by atoms with Gasteiger partial charge in [0.15, 0.2) is 5.82 Å². The van der Waals surface area contributed by atoms with Gasteiger partial charge in [0.25, 0.3) is 0 Å². The van der Waals surface area contributed by atoms with Crippen LogP contribution in [0, 0.1) is 0 Å². The van der Waals surface area contributed by atoms with Gasteiger partial charge in [0.05, 0.1) is 21.8 Å². The number of nitrogens with zero attached hydrogens (tertiary/aromatic N) is 6. The van der Waals surface area contributed by atoms with Crippen molar-refractivity contribution in [2.45, 2.75) is 19.8 Å². The molecule has 0 aliphatic rings. The monoisotopic (exact) mass is 382 g/mol. The van der Waals surface area contributed by atoms with E-state index in [4.69, 9.17) is 16.6 Å². The van der Waals surface area contributed by atoms with Gasteiger partial charge in [-0.2, -0.15) is 4.68 Å². The fraction of sp³-hybridized carbons (Fsp3) is 0.167. The molecule has 0 aliphatic heterocycles. The van der Waals surface area contributed by atoms with E-state index in [1.165, 1.54) is 0 Å². The smallest absolute Gasteiger partial charge is 0.190 e. The molecule has 1 aromatic carbocycles. The highest BCUT2D eigenvalue weighted by Crippen LogP contribution is 2.33. The van der Waals surface area contributed by atoms with Crippen molar-refractivity contribution < 1.29 is 0 Å². The second-order valence-electron chi connectivity index (χ2n) is 6.01. The second-order valence-corrected chi connectivity index (χ2v) is 7.40. The number of benzene rings is 1. The van der Waals surface area contributed by atoms with Crippen molar-refractivity contribution in [1.29, 1.82) is 0 Å². The highest BCUT2D eigenvalue weighted by molar-refractivity contribution is 7.13. The minimum absolute atomic E-state index is 0.232. The summed E-state index contributed by atoms with van der Waals surface area (Å²) in [6, 6.07) is 11.4. The first-order valence-electron chi connectivity index (χ1n) is 8.09. The number of tetrazole rings is 1. The SMILES string of the molecule is CC(C)c1ncc(-c2nnnn2-c2ccc(Cl)cc2)c(-c2cccs2)n1. The van der Waals surface area contributed by atoms with Gasteiger partial charge < -0.3 is 0 Å². The second kappa shape index (κ2) is 6.93. The molecule has 3 heterocycles. The average molecular weight is 383 g/mol. The summed E-state index contributed by atoms with van der Waals surface area (Å²) in [5, 5.41) is 14.9. The molecule has 0 N–H and O–H groups in total. The quantitative estimate of drug-likeness (QED) is 0.515. The fourth-order valence-electron chi connectivity index (χ4n) is 2.55. The summed E-state index contributed by atoms with van der Waals surface area (Å²) in [6.45, 7) is 4.15. The van der Waals surface area contributed by atoms with Crippen LogP contribution >= 0.6 is 22.9 Å². The van der Waals surface area contributed by atoms with Crippen LogP contribution in [0.2, 0.25) is 5.02 Å². The molecule has 6 nitrogen and oxygen atoms in total. The van der Waals surface area contributed by atoms with E-state index in [1.54, 1.807) is 34.3 Å². The van der Waals surface area contributed by atoms with Crippen molar-refractivity contribution in [3.63, 3.8) is 0 Å². The van der Waals surface area contributed by atoms with Gasteiger partial charge in [0.2, 0.25) is 0 Å². The lowest BCUT2D eigenvalue weighted by atomic mass is 10.1. The Labute approximate surface area is 159 Å². The summed E-state index contributed by atoms with van der Waals surface area (Å²) in [5.41, 5.74) is 2.44. The van der Waals surface area contributed by atoms with E-state index < -0.39 is 0 Å². The molecule has 0 radical (unpaired) electrons. The van der Waals surface area contributed by atoms with E-state index in [-0.39, 0.29) is 5.92 Å². The molecule has 0 unspecified atom stereocenters. The van der Waals surface area contributed by atoms with Gasteiger partial charge in [-0.25, -0.2) is 9.97 Å². The number of aromatic nitrogens is 6. The molecule has 4 rings (SSSR count). The van der Waals surface area contributed by atoms with Crippen LogP contribution in [0.15, 0.2) is 48.0 Å². The number of halogens is 1. The van der Waals surface area contributed by atoms with Gasteiger partial charge in [-0.15, -0.1) is 16.4 Å². The molecule has 26 heavy (non-hydrogen) atoms. The Hall–Kier alpha value is -2.64. The predicted octanol–water partition coefficient (Wildman–Crippen LogP) is 4.62. The third-order valence-corrected chi connectivity index (χ3v) is 4.99. The Bertz CT molecular complexity index is 1020. The minimum Gasteiger partial charge on any atom is -0.240 e. The van der Waals surface area contributed by atoms with Gasteiger partial charge in [0, 0.05) is 17.1 Å². The van der Waals surface area contributed by atoms with Crippen molar-refractivity contribution in [2.24, 2.45) is 0 Å². The Balaban J connectivity index is 1.89. The molecule has 0 amide bonds. The maximum atomic E-state index is 5.99. The van der Waals surface area contributed by atoms with Crippen molar-refractivity contribution in [3.05, 3.63) is 58.8 Å². The average Bonchev–Trinajstić information content (AvgIpc) is 3.34. The topological polar surface area (TPSA) is 69.4 Å². The van der Waals surface area contributed by atoms with Crippen LogP contribution < -0.4 is 0 Å². The molecule has 0 spiro atoms. The molecule has 130 valence electrons. The summed E-state index contributed by atoms with van der Waals surface area (Å²) >= 11 is 7.62. The van der Waals surface area contributed by atoms with Crippen molar-refractivity contribution in [1.82, 2.24) is 30.2 Å². The van der Waals surface area contributed by atoms with E-state index in [0.717, 1.165) is 27.6 Å². The Morgan fingerprint density at radius 3 is 2.62 bits per heavy atom. The Kier molecular flexibility index (Phi) is 4.48. The van der Waals surface area contributed by atoms with E-state index in [0.29, 0.717) is 10.8 Å². The third-order valence-electron chi connectivity index (χ3n) is 3.86. The predicted molar refractivity (Wildman–Crippen MR) is 103 cm³/mol. The van der Waals surface area contributed by atoms with Crippen LogP contribution in [0.25, 0.3) is 27.6 Å². The molecule has 3 aromatic heterocycles. The maximum Gasteiger partial charge on any atom is 0.190 e. The van der Waals surface area contributed by atoms with Gasteiger partial charge >= 0.3 is 0 Å². The number of rotatable bonds is 4. The van der Waals surface area contributed by atoms with Gasteiger partial charge in [-0.05, 0) is 46.1 Å². The normalized spacial score (nSPS) is 11.2. The molecular formula is C18H15ClN6S. The zero-order valence-corrected chi connectivity index (χ0v) is 15.7. The Morgan fingerprint density at radius 1 is 1.12 bits per heavy atom. The van der Waals surface area contributed by atoms with Crippen LogP contribution in [0.4, 0.5) is 0 Å². The molecule has 4 aromatic rings. The summed E-state index contributed by atoms with van der Waals surface area (Å²) < 4.78 is 1.67. The minimum atomic E-state index is 0.232. The molecule has 0 atom stereocenters. The van der Waals surface area contributed by atoms with Crippen LogP contribution in [0.1, 0.15) is 25.6 Å². The van der Waals surface area contributed by atoms with Gasteiger partial charge in [0.1, 0.15) is 5.82 Å². The maximum absolute atomic E-state index is 5.99. The van der Waals surface area contributed by atoms with Crippen LogP contribution in [0.5, 0.6) is 0 Å². The van der Waals surface area contributed by atoms with Crippen LogP contribution in [-0.4, -0.2) is 30.2 Å². The molecule has 0 fully saturated rings. The standard InChI is InChI=1S/C18H15ClN6S/c1-11(2)17-20-10-14(16(21-17)15-4-3-9-26-15)18-22-23-24-25(18)13-7-5-12(19)6-8-13/h3-11H,1-2H3. The highest BCUT2D eigenvalue weighted by atomic mass is 35.5. The van der Waals surface area contributed by atoms with Gasteiger partial charge in [-0.3, -0.25) is 0 Å². The van der Waals surface area contributed by atoms with E-state index >= 15 is 0 Å². The number of hydrogen-bond acceptors (Lipinski definition) is 6. The van der Waals surface area contributed by atoms with Gasteiger partial charge in [-0.1, -0.05) is 31.5 Å². The molecule has 8 heteroatoms. The van der Waals surface area contributed by atoms with Crippen LogP contribution in [0.3, 0.4) is 0 Å². The first-order valence-corrected chi connectivity index (χ1v) is 9.35. The van der Waals surface area contributed by atoms with Crippen LogP contribution in [-0.2, 0) is 0 Å². The van der Waals surface area contributed by atoms with Crippen molar-refractivity contribution in [3.8, 4) is 27.6 Å². The lowest BCUT2D eigenvalue weighted by Gasteiger charge is -2.11. The summed E-state index contributed by atoms with van der Waals surface area (Å²) in [4.78, 5) is 10.4. The Morgan fingerprint density at radius 2 is 1.92 bits per heavy atom. The lowest BCUT2D eigenvalue weighted by Crippen LogP contribution is -2.04. The first kappa shape index (κ1) is 16.8. The molecule has 0 saturated heterocycles. The summed E-state index contributed by atoms with van der Waals surface area (Å²) in [7, 11) is 0. The highest BCUT2D eigenvalue weighted by Gasteiger charge is 2.19. The zero-order valence-electron chi connectivity index (χ0n) is 14.2. The largest absolute Gasteiger partial charge is 0.240 e. The zero-order chi connectivity index (χ0) is 18.1.